The van der Waals surface area contributed by atoms with Crippen molar-refractivity contribution in [2.24, 2.45) is 0 Å². The molecule has 0 fully saturated rings. The highest BCUT2D eigenvalue weighted by molar-refractivity contribution is 6.02. The lowest BCUT2D eigenvalue weighted by Crippen LogP contribution is -2.39. The van der Waals surface area contributed by atoms with Crippen LogP contribution in [-0.4, -0.2) is 42.9 Å². The summed E-state index contributed by atoms with van der Waals surface area (Å²) in [7, 11) is 0. The Labute approximate surface area is 180 Å². The maximum absolute atomic E-state index is 12.6. The second-order valence-electron chi connectivity index (χ2n) is 7.28. The van der Waals surface area contributed by atoms with E-state index in [0.29, 0.717) is 25.1 Å². The molecule has 2 N–H and O–H groups in total. The lowest BCUT2D eigenvalue weighted by molar-refractivity contribution is -0.145. The molecule has 0 bridgehead atoms. The maximum atomic E-state index is 12.6. The summed E-state index contributed by atoms with van der Waals surface area (Å²) in [5.41, 5.74) is 3.06. The summed E-state index contributed by atoms with van der Waals surface area (Å²) >= 11 is 0. The predicted molar refractivity (Wildman–Crippen MR) is 115 cm³/mol. The van der Waals surface area contributed by atoms with Gasteiger partial charge in [0.15, 0.2) is 6.10 Å². The van der Waals surface area contributed by atoms with Crippen LogP contribution in [0.4, 0.5) is 10.5 Å². The molecule has 3 rings (SSSR count). The van der Waals surface area contributed by atoms with Gasteiger partial charge in [-0.1, -0.05) is 30.3 Å². The average molecular weight is 423 g/mol. The molecule has 8 nitrogen and oxygen atoms in total. The van der Waals surface area contributed by atoms with Gasteiger partial charge < -0.3 is 20.3 Å². The van der Waals surface area contributed by atoms with Crippen molar-refractivity contribution < 1.29 is 23.9 Å². The Kier molecular flexibility index (Phi) is 7.02. The fraction of sp³-hybridized carbons (Fsp3) is 0.304. The van der Waals surface area contributed by atoms with E-state index in [0.717, 1.165) is 16.8 Å². The van der Waals surface area contributed by atoms with Gasteiger partial charge in [0.25, 0.3) is 0 Å². The molecule has 1 aliphatic heterocycles. The summed E-state index contributed by atoms with van der Waals surface area (Å²) in [6.07, 6.45) is -0.322. The largest absolute Gasteiger partial charge is 0.453 e. The average Bonchev–Trinajstić information content (AvgIpc) is 3.20. The summed E-state index contributed by atoms with van der Waals surface area (Å²) < 4.78 is 5.16. The van der Waals surface area contributed by atoms with E-state index < -0.39 is 18.1 Å². The first kappa shape index (κ1) is 22.0. The number of ether oxygens (including phenoxy) is 1. The van der Waals surface area contributed by atoms with Gasteiger partial charge in [0.05, 0.1) is 0 Å². The molecule has 1 atom stereocenters. The number of hydrogen-bond acceptors (Lipinski definition) is 5. The zero-order chi connectivity index (χ0) is 22.4. The maximum Gasteiger partial charge on any atom is 0.326 e. The SMILES string of the molecule is CC(=O)N1CCc2cc(C(=O)C(C)OC(=O)CNC(=O)NCc3ccccc3)ccc21. The Hall–Kier alpha value is -3.68. The second kappa shape index (κ2) is 9.88. The molecule has 0 saturated carbocycles. The topological polar surface area (TPSA) is 105 Å². The highest BCUT2D eigenvalue weighted by atomic mass is 16.5. The van der Waals surface area contributed by atoms with Crippen molar-refractivity contribution in [1.82, 2.24) is 10.6 Å². The minimum Gasteiger partial charge on any atom is -0.453 e. The second-order valence-corrected chi connectivity index (χ2v) is 7.28. The molecule has 1 aliphatic rings. The third-order valence-corrected chi connectivity index (χ3v) is 5.01. The van der Waals surface area contributed by atoms with Crippen molar-refractivity contribution in [1.29, 1.82) is 0 Å². The molecule has 1 unspecified atom stereocenters. The molecule has 8 heteroatoms. The first-order valence-electron chi connectivity index (χ1n) is 10.1. The molecule has 31 heavy (non-hydrogen) atoms. The van der Waals surface area contributed by atoms with Crippen LogP contribution in [0, 0.1) is 0 Å². The van der Waals surface area contributed by atoms with Gasteiger partial charge in [-0.05, 0) is 42.7 Å². The number of esters is 1. The quantitative estimate of drug-likeness (QED) is 0.525. The van der Waals surface area contributed by atoms with Crippen LogP contribution in [0.5, 0.6) is 0 Å². The molecule has 2 aromatic carbocycles. The number of fused-ring (bicyclic) bond motifs is 1. The number of benzene rings is 2. The van der Waals surface area contributed by atoms with Gasteiger partial charge in [-0.3, -0.25) is 14.4 Å². The van der Waals surface area contributed by atoms with E-state index >= 15 is 0 Å². The minimum atomic E-state index is -0.995. The first-order valence-corrected chi connectivity index (χ1v) is 10.1. The van der Waals surface area contributed by atoms with E-state index in [1.165, 1.54) is 13.8 Å². The number of nitrogens with zero attached hydrogens (tertiary/aromatic N) is 1. The van der Waals surface area contributed by atoms with Crippen LogP contribution < -0.4 is 15.5 Å². The molecular weight excluding hydrogens is 398 g/mol. The van der Waals surface area contributed by atoms with Gasteiger partial charge in [-0.25, -0.2) is 4.79 Å². The Morgan fingerprint density at radius 3 is 2.52 bits per heavy atom. The number of urea groups is 1. The number of nitrogens with one attached hydrogen (secondary N) is 2. The third-order valence-electron chi connectivity index (χ3n) is 5.01. The number of carbonyl (C=O) groups is 4. The Morgan fingerprint density at radius 1 is 1.06 bits per heavy atom. The van der Waals surface area contributed by atoms with Crippen molar-refractivity contribution in [3.8, 4) is 0 Å². The first-order chi connectivity index (χ1) is 14.8. The molecule has 2 aromatic rings. The van der Waals surface area contributed by atoms with Crippen LogP contribution in [0.3, 0.4) is 0 Å². The molecule has 0 aromatic heterocycles. The fourth-order valence-corrected chi connectivity index (χ4v) is 3.40. The van der Waals surface area contributed by atoms with Crippen molar-refractivity contribution >= 4 is 29.4 Å². The summed E-state index contributed by atoms with van der Waals surface area (Å²) in [5, 5.41) is 5.05. The van der Waals surface area contributed by atoms with E-state index in [-0.39, 0.29) is 18.2 Å². The molecule has 162 valence electrons. The van der Waals surface area contributed by atoms with E-state index in [9.17, 15) is 19.2 Å². The Balaban J connectivity index is 1.46. The molecule has 1 heterocycles. The Bertz CT molecular complexity index is 990. The molecule has 0 saturated heterocycles. The van der Waals surface area contributed by atoms with E-state index in [4.69, 9.17) is 4.74 Å². The Morgan fingerprint density at radius 2 is 1.81 bits per heavy atom. The normalized spacial score (nSPS) is 13.2. The lowest BCUT2D eigenvalue weighted by atomic mass is 10.0. The summed E-state index contributed by atoms with van der Waals surface area (Å²) in [4.78, 5) is 49.8. The van der Waals surface area contributed by atoms with Crippen molar-refractivity contribution in [2.45, 2.75) is 32.9 Å². The van der Waals surface area contributed by atoms with E-state index in [2.05, 4.69) is 10.6 Å². The van der Waals surface area contributed by atoms with E-state index in [1.807, 2.05) is 30.3 Å². The van der Waals surface area contributed by atoms with Crippen molar-refractivity contribution in [3.63, 3.8) is 0 Å². The number of amides is 3. The number of rotatable bonds is 7. The van der Waals surface area contributed by atoms with Gasteiger partial charge in [-0.15, -0.1) is 0 Å². The van der Waals surface area contributed by atoms with E-state index in [1.54, 1.807) is 23.1 Å². The van der Waals surface area contributed by atoms with Gasteiger partial charge in [0.2, 0.25) is 11.7 Å². The zero-order valence-corrected chi connectivity index (χ0v) is 17.5. The third kappa shape index (κ3) is 5.69. The van der Waals surface area contributed by atoms with Gasteiger partial charge in [0.1, 0.15) is 6.54 Å². The summed E-state index contributed by atoms with van der Waals surface area (Å²) in [5.74, 6) is -1.09. The number of ketones is 1. The molecule has 3 amide bonds. The number of Topliss-reactive ketones (excluding diaryl/α,β-unsaturated/α-hetero) is 1. The summed E-state index contributed by atoms with van der Waals surface area (Å²) in [6.45, 7) is 3.56. The standard InChI is InChI=1S/C23H25N3O5/c1-15(22(29)19-8-9-20-18(12-19)10-11-26(20)16(2)27)31-21(28)14-25-23(30)24-13-17-6-4-3-5-7-17/h3-9,12,15H,10-11,13-14H2,1-2H3,(H2,24,25,30). The monoisotopic (exact) mass is 423 g/mol. The van der Waals surface area contributed by atoms with Crippen LogP contribution in [0.1, 0.15) is 35.3 Å². The van der Waals surface area contributed by atoms with Crippen molar-refractivity contribution in [3.05, 3.63) is 65.2 Å². The number of hydrogen-bond donors (Lipinski definition) is 2. The zero-order valence-electron chi connectivity index (χ0n) is 17.5. The van der Waals surface area contributed by atoms with Crippen LogP contribution in [0.25, 0.3) is 0 Å². The molecule has 0 aliphatic carbocycles. The molecular formula is C23H25N3O5. The van der Waals surface area contributed by atoms with Crippen molar-refractivity contribution in [2.75, 3.05) is 18.0 Å². The molecule has 0 radical (unpaired) electrons. The highest BCUT2D eigenvalue weighted by Crippen LogP contribution is 2.29. The number of carbonyl (C=O) groups excluding carboxylic acids is 4. The minimum absolute atomic E-state index is 0.0413. The fourth-order valence-electron chi connectivity index (χ4n) is 3.40. The van der Waals surface area contributed by atoms with Crippen LogP contribution in [-0.2, 0) is 27.3 Å². The van der Waals surface area contributed by atoms with Gasteiger partial charge >= 0.3 is 12.0 Å². The predicted octanol–water partition coefficient (Wildman–Crippen LogP) is 2.21. The van der Waals surface area contributed by atoms with Gasteiger partial charge in [0, 0.05) is 31.3 Å². The van der Waals surface area contributed by atoms with Gasteiger partial charge in [-0.2, -0.15) is 0 Å². The summed E-state index contributed by atoms with van der Waals surface area (Å²) in [6, 6.07) is 14.0. The van der Waals surface area contributed by atoms with Crippen LogP contribution >= 0.6 is 0 Å². The number of anilines is 1. The smallest absolute Gasteiger partial charge is 0.326 e. The highest BCUT2D eigenvalue weighted by Gasteiger charge is 2.25. The van der Waals surface area contributed by atoms with Crippen LogP contribution in [0.2, 0.25) is 0 Å². The van der Waals surface area contributed by atoms with Crippen LogP contribution in [0.15, 0.2) is 48.5 Å². The lowest BCUT2D eigenvalue weighted by Gasteiger charge is -2.16. The molecule has 0 spiro atoms.